The maximum atomic E-state index is 6.20. The normalized spacial score (nSPS) is 13.4. The van der Waals surface area contributed by atoms with E-state index in [1.54, 1.807) is 7.11 Å². The standard InChI is InChI=1S/C14H13ClN2OS/c1-18-10-4-2-9(3-5-10)6-13-16-12-8-19-7-11(12)14(15)17-13/h2-5H,6-8H2,1H3. The van der Waals surface area contributed by atoms with E-state index in [1.165, 1.54) is 0 Å². The van der Waals surface area contributed by atoms with E-state index >= 15 is 0 Å². The molecular weight excluding hydrogens is 280 g/mol. The van der Waals surface area contributed by atoms with Gasteiger partial charge in [0, 0.05) is 23.5 Å². The molecule has 0 radical (unpaired) electrons. The van der Waals surface area contributed by atoms with E-state index in [0.717, 1.165) is 39.9 Å². The Kier molecular flexibility index (Phi) is 3.62. The van der Waals surface area contributed by atoms with Gasteiger partial charge in [-0.1, -0.05) is 23.7 Å². The van der Waals surface area contributed by atoms with Crippen molar-refractivity contribution in [3.05, 3.63) is 52.1 Å². The van der Waals surface area contributed by atoms with Gasteiger partial charge in [0.05, 0.1) is 12.8 Å². The van der Waals surface area contributed by atoms with Crippen molar-refractivity contribution in [3.63, 3.8) is 0 Å². The Labute approximate surface area is 121 Å². The Morgan fingerprint density at radius 2 is 2.00 bits per heavy atom. The Hall–Kier alpha value is -1.26. The summed E-state index contributed by atoms with van der Waals surface area (Å²) in [6.07, 6.45) is 0.696. The predicted molar refractivity (Wildman–Crippen MR) is 77.8 cm³/mol. The van der Waals surface area contributed by atoms with Gasteiger partial charge in [-0.15, -0.1) is 0 Å². The number of nitrogens with zero attached hydrogens (tertiary/aromatic N) is 2. The van der Waals surface area contributed by atoms with Gasteiger partial charge in [-0.3, -0.25) is 0 Å². The number of thioether (sulfide) groups is 1. The summed E-state index contributed by atoms with van der Waals surface area (Å²) < 4.78 is 5.14. The van der Waals surface area contributed by atoms with E-state index < -0.39 is 0 Å². The number of hydrogen-bond donors (Lipinski definition) is 0. The average molecular weight is 293 g/mol. The molecule has 0 saturated heterocycles. The van der Waals surface area contributed by atoms with E-state index in [9.17, 15) is 0 Å². The minimum Gasteiger partial charge on any atom is -0.497 e. The first-order valence-corrected chi connectivity index (χ1v) is 7.54. The van der Waals surface area contributed by atoms with Gasteiger partial charge < -0.3 is 4.74 Å². The van der Waals surface area contributed by atoms with E-state index in [2.05, 4.69) is 9.97 Å². The smallest absolute Gasteiger partial charge is 0.137 e. The van der Waals surface area contributed by atoms with Crippen LogP contribution in [0, 0.1) is 0 Å². The fraction of sp³-hybridized carbons (Fsp3) is 0.286. The molecule has 2 heterocycles. The van der Waals surface area contributed by atoms with Crippen LogP contribution in [0.3, 0.4) is 0 Å². The summed E-state index contributed by atoms with van der Waals surface area (Å²) in [4.78, 5) is 9.00. The minimum atomic E-state index is 0.610. The zero-order chi connectivity index (χ0) is 13.2. The first kappa shape index (κ1) is 12.8. The topological polar surface area (TPSA) is 35.0 Å². The van der Waals surface area contributed by atoms with Crippen molar-refractivity contribution in [2.24, 2.45) is 0 Å². The molecule has 1 aromatic heterocycles. The number of ether oxygens (including phenoxy) is 1. The van der Waals surface area contributed by atoms with Crippen molar-refractivity contribution >= 4 is 23.4 Å². The number of hydrogen-bond acceptors (Lipinski definition) is 4. The van der Waals surface area contributed by atoms with Crippen LogP contribution in [-0.4, -0.2) is 17.1 Å². The Morgan fingerprint density at radius 3 is 2.74 bits per heavy atom. The molecule has 3 nitrogen and oxygen atoms in total. The molecule has 0 saturated carbocycles. The second-order valence-corrected chi connectivity index (χ2v) is 5.72. The summed E-state index contributed by atoms with van der Waals surface area (Å²) in [6, 6.07) is 7.94. The Bertz CT molecular complexity index is 601. The van der Waals surface area contributed by atoms with Crippen molar-refractivity contribution in [3.8, 4) is 5.75 Å². The van der Waals surface area contributed by atoms with Crippen LogP contribution in [0.25, 0.3) is 0 Å². The molecule has 0 bridgehead atoms. The maximum absolute atomic E-state index is 6.20. The average Bonchev–Trinajstić information content (AvgIpc) is 2.88. The number of benzene rings is 1. The van der Waals surface area contributed by atoms with Gasteiger partial charge >= 0.3 is 0 Å². The molecule has 0 N–H and O–H groups in total. The summed E-state index contributed by atoms with van der Waals surface area (Å²) in [7, 11) is 1.66. The first-order chi connectivity index (χ1) is 9.26. The molecule has 5 heteroatoms. The van der Waals surface area contributed by atoms with Gasteiger partial charge in [0.1, 0.15) is 16.7 Å². The third kappa shape index (κ3) is 2.69. The molecule has 1 aromatic carbocycles. The zero-order valence-electron chi connectivity index (χ0n) is 10.5. The molecule has 19 heavy (non-hydrogen) atoms. The molecular formula is C14H13ClN2OS. The number of halogens is 1. The van der Waals surface area contributed by atoms with Gasteiger partial charge in [-0.05, 0) is 17.7 Å². The fourth-order valence-corrected chi connectivity index (χ4v) is 3.46. The highest BCUT2D eigenvalue weighted by molar-refractivity contribution is 7.98. The van der Waals surface area contributed by atoms with Crippen LogP contribution in [0.5, 0.6) is 5.75 Å². The first-order valence-electron chi connectivity index (χ1n) is 6.01. The second kappa shape index (κ2) is 5.39. The van der Waals surface area contributed by atoms with Crippen LogP contribution in [0.4, 0.5) is 0 Å². The van der Waals surface area contributed by atoms with Crippen LogP contribution in [0.2, 0.25) is 5.15 Å². The van der Waals surface area contributed by atoms with Crippen LogP contribution in [-0.2, 0) is 17.9 Å². The van der Waals surface area contributed by atoms with E-state index in [0.29, 0.717) is 11.6 Å². The highest BCUT2D eigenvalue weighted by Crippen LogP contribution is 2.32. The molecule has 0 amide bonds. The van der Waals surface area contributed by atoms with Crippen molar-refractivity contribution in [1.29, 1.82) is 0 Å². The van der Waals surface area contributed by atoms with Crippen LogP contribution in [0.15, 0.2) is 24.3 Å². The summed E-state index contributed by atoms with van der Waals surface area (Å²) in [6.45, 7) is 0. The monoisotopic (exact) mass is 292 g/mol. The highest BCUT2D eigenvalue weighted by atomic mass is 35.5. The van der Waals surface area contributed by atoms with Crippen molar-refractivity contribution < 1.29 is 4.74 Å². The maximum Gasteiger partial charge on any atom is 0.137 e. The molecule has 0 atom stereocenters. The quantitative estimate of drug-likeness (QED) is 0.811. The molecule has 0 spiro atoms. The van der Waals surface area contributed by atoms with Crippen LogP contribution >= 0.6 is 23.4 Å². The van der Waals surface area contributed by atoms with Gasteiger partial charge in [-0.2, -0.15) is 11.8 Å². The van der Waals surface area contributed by atoms with Gasteiger partial charge in [0.15, 0.2) is 0 Å². The molecule has 0 unspecified atom stereocenters. The summed E-state index contributed by atoms with van der Waals surface area (Å²) >= 11 is 8.04. The molecule has 0 aliphatic carbocycles. The Balaban J connectivity index is 1.84. The lowest BCUT2D eigenvalue weighted by atomic mass is 10.1. The van der Waals surface area contributed by atoms with Crippen molar-refractivity contribution in [2.75, 3.05) is 7.11 Å². The number of methoxy groups -OCH3 is 1. The predicted octanol–water partition coefficient (Wildman–Crippen LogP) is 3.48. The lowest BCUT2D eigenvalue weighted by Crippen LogP contribution is -2.02. The lowest BCUT2D eigenvalue weighted by Gasteiger charge is -2.06. The Morgan fingerprint density at radius 1 is 1.21 bits per heavy atom. The number of fused-ring (bicyclic) bond motifs is 1. The molecule has 98 valence electrons. The molecule has 1 aliphatic heterocycles. The van der Waals surface area contributed by atoms with Gasteiger partial charge in [-0.25, -0.2) is 9.97 Å². The van der Waals surface area contributed by atoms with Crippen LogP contribution < -0.4 is 4.74 Å². The fourth-order valence-electron chi connectivity index (χ4n) is 2.07. The third-order valence-corrected chi connectivity index (χ3v) is 4.38. The highest BCUT2D eigenvalue weighted by Gasteiger charge is 2.18. The van der Waals surface area contributed by atoms with E-state index in [-0.39, 0.29) is 0 Å². The molecule has 2 aromatic rings. The zero-order valence-corrected chi connectivity index (χ0v) is 12.1. The van der Waals surface area contributed by atoms with Gasteiger partial charge in [0.25, 0.3) is 0 Å². The number of aromatic nitrogens is 2. The molecule has 1 aliphatic rings. The lowest BCUT2D eigenvalue weighted by molar-refractivity contribution is 0.414. The number of rotatable bonds is 3. The largest absolute Gasteiger partial charge is 0.497 e. The molecule has 0 fully saturated rings. The van der Waals surface area contributed by atoms with Gasteiger partial charge in [0.2, 0.25) is 0 Å². The van der Waals surface area contributed by atoms with E-state index in [1.807, 2.05) is 36.0 Å². The van der Waals surface area contributed by atoms with Crippen LogP contribution in [0.1, 0.15) is 22.6 Å². The SMILES string of the molecule is COc1ccc(Cc2nc(Cl)c3c(n2)CSC3)cc1. The van der Waals surface area contributed by atoms with E-state index in [4.69, 9.17) is 16.3 Å². The third-order valence-electron chi connectivity index (χ3n) is 3.10. The summed E-state index contributed by atoms with van der Waals surface area (Å²) in [5, 5.41) is 0.610. The minimum absolute atomic E-state index is 0.610. The van der Waals surface area contributed by atoms with Crippen molar-refractivity contribution in [2.45, 2.75) is 17.9 Å². The summed E-state index contributed by atoms with van der Waals surface area (Å²) in [5.41, 5.74) is 3.35. The van der Waals surface area contributed by atoms with Crippen molar-refractivity contribution in [1.82, 2.24) is 9.97 Å². The second-order valence-electron chi connectivity index (χ2n) is 4.37. The molecule has 3 rings (SSSR count). The summed E-state index contributed by atoms with van der Waals surface area (Å²) in [5.74, 6) is 3.51.